The third-order valence-electron chi connectivity index (χ3n) is 5.90. The molecule has 2 aliphatic rings. The van der Waals surface area contributed by atoms with Crippen molar-refractivity contribution in [1.82, 2.24) is 10.2 Å². The SMILES string of the molecule is O=C1N/C(=C/c2ccc(CN3CCC(O)C3)cc2)C(=O)N1c1ccc(Oc2ccccc2)cc1. The van der Waals surface area contributed by atoms with Gasteiger partial charge in [0.05, 0.1) is 11.8 Å². The lowest BCUT2D eigenvalue weighted by molar-refractivity contribution is -0.113. The van der Waals surface area contributed by atoms with Gasteiger partial charge >= 0.3 is 6.03 Å². The molecule has 1 unspecified atom stereocenters. The Balaban J connectivity index is 1.25. The predicted octanol–water partition coefficient (Wildman–Crippen LogP) is 4.14. The Labute approximate surface area is 197 Å². The van der Waals surface area contributed by atoms with Gasteiger partial charge in [-0.05, 0) is 60.0 Å². The highest BCUT2D eigenvalue weighted by molar-refractivity contribution is 6.28. The lowest BCUT2D eigenvalue weighted by atomic mass is 10.1. The van der Waals surface area contributed by atoms with Crippen LogP contribution >= 0.6 is 0 Å². The molecule has 3 aromatic carbocycles. The lowest BCUT2D eigenvalue weighted by Crippen LogP contribution is -2.30. The molecule has 0 radical (unpaired) electrons. The van der Waals surface area contributed by atoms with Crippen LogP contribution in [0.5, 0.6) is 11.5 Å². The lowest BCUT2D eigenvalue weighted by Gasteiger charge is -2.14. The summed E-state index contributed by atoms with van der Waals surface area (Å²) in [6, 6.07) is 23.6. The number of anilines is 1. The van der Waals surface area contributed by atoms with Gasteiger partial charge in [0.1, 0.15) is 17.2 Å². The summed E-state index contributed by atoms with van der Waals surface area (Å²) >= 11 is 0. The first-order chi connectivity index (χ1) is 16.5. The van der Waals surface area contributed by atoms with E-state index in [-0.39, 0.29) is 11.8 Å². The topological polar surface area (TPSA) is 82.1 Å². The molecule has 2 fully saturated rings. The van der Waals surface area contributed by atoms with Gasteiger partial charge in [0.15, 0.2) is 0 Å². The minimum atomic E-state index is -0.489. The first-order valence-corrected chi connectivity index (χ1v) is 11.2. The second-order valence-electron chi connectivity index (χ2n) is 8.46. The summed E-state index contributed by atoms with van der Waals surface area (Å²) in [6.07, 6.45) is 2.25. The zero-order chi connectivity index (χ0) is 23.5. The van der Waals surface area contributed by atoms with E-state index in [0.717, 1.165) is 35.5 Å². The maximum absolute atomic E-state index is 12.9. The Kier molecular flexibility index (Phi) is 6.12. The number of ether oxygens (including phenoxy) is 1. The van der Waals surface area contributed by atoms with Gasteiger partial charge in [-0.1, -0.05) is 42.5 Å². The Hall–Kier alpha value is -3.94. The molecule has 2 saturated heterocycles. The van der Waals surface area contributed by atoms with Gasteiger partial charge in [0.2, 0.25) is 0 Å². The molecule has 7 heteroatoms. The molecule has 1 atom stereocenters. The van der Waals surface area contributed by atoms with Gasteiger partial charge in [-0.2, -0.15) is 0 Å². The van der Waals surface area contributed by atoms with Crippen LogP contribution in [-0.4, -0.2) is 41.1 Å². The Morgan fingerprint density at radius 3 is 2.32 bits per heavy atom. The van der Waals surface area contributed by atoms with E-state index in [1.54, 1.807) is 30.3 Å². The number of likely N-dealkylation sites (tertiary alicyclic amines) is 1. The first kappa shape index (κ1) is 21.9. The zero-order valence-corrected chi connectivity index (χ0v) is 18.6. The van der Waals surface area contributed by atoms with Crippen molar-refractivity contribution >= 4 is 23.7 Å². The van der Waals surface area contributed by atoms with Crippen LogP contribution in [-0.2, 0) is 11.3 Å². The van der Waals surface area contributed by atoms with Gasteiger partial charge in [-0.3, -0.25) is 9.69 Å². The summed E-state index contributed by atoms with van der Waals surface area (Å²) in [5, 5.41) is 12.3. The maximum Gasteiger partial charge on any atom is 0.333 e. The molecule has 172 valence electrons. The summed E-state index contributed by atoms with van der Waals surface area (Å²) in [7, 11) is 0. The van der Waals surface area contributed by atoms with Crippen molar-refractivity contribution in [2.45, 2.75) is 19.1 Å². The van der Waals surface area contributed by atoms with Gasteiger partial charge in [0, 0.05) is 19.6 Å². The molecule has 7 nitrogen and oxygen atoms in total. The smallest absolute Gasteiger partial charge is 0.333 e. The second kappa shape index (κ2) is 9.51. The zero-order valence-electron chi connectivity index (χ0n) is 18.6. The molecule has 0 spiro atoms. The Morgan fingerprint density at radius 1 is 0.941 bits per heavy atom. The van der Waals surface area contributed by atoms with Crippen LogP contribution in [0.1, 0.15) is 17.5 Å². The largest absolute Gasteiger partial charge is 0.457 e. The van der Waals surface area contributed by atoms with Crippen LogP contribution in [0.2, 0.25) is 0 Å². The highest BCUT2D eigenvalue weighted by Gasteiger charge is 2.34. The predicted molar refractivity (Wildman–Crippen MR) is 129 cm³/mol. The first-order valence-electron chi connectivity index (χ1n) is 11.2. The summed E-state index contributed by atoms with van der Waals surface area (Å²) < 4.78 is 5.78. The molecular weight excluding hydrogens is 430 g/mol. The third-order valence-corrected chi connectivity index (χ3v) is 5.90. The third kappa shape index (κ3) is 4.85. The fourth-order valence-corrected chi connectivity index (χ4v) is 4.16. The number of β-amino-alcohol motifs (C(OH)–C–C–N with tert-alkyl or cyclic N) is 1. The van der Waals surface area contributed by atoms with Crippen molar-refractivity contribution in [3.05, 3.63) is 95.7 Å². The van der Waals surface area contributed by atoms with Gasteiger partial charge in [-0.25, -0.2) is 9.69 Å². The van der Waals surface area contributed by atoms with Crippen LogP contribution in [0.3, 0.4) is 0 Å². The molecule has 3 amide bonds. The van der Waals surface area contributed by atoms with Crippen molar-refractivity contribution in [2.75, 3.05) is 18.0 Å². The highest BCUT2D eigenvalue weighted by Crippen LogP contribution is 2.27. The molecule has 0 aliphatic carbocycles. The van der Waals surface area contributed by atoms with E-state index in [9.17, 15) is 14.7 Å². The standard InChI is InChI=1S/C27H25N3O4/c31-22-14-15-29(18-22)17-20-8-6-19(7-9-20)16-25-26(32)30(27(33)28-25)21-10-12-24(13-11-21)34-23-4-2-1-3-5-23/h1-13,16,22,31H,14-15,17-18H2,(H,28,33)/b25-16+. The Bertz CT molecular complexity index is 1210. The number of aliphatic hydroxyl groups excluding tert-OH is 1. The highest BCUT2D eigenvalue weighted by atomic mass is 16.5. The summed E-state index contributed by atoms with van der Waals surface area (Å²) in [5.74, 6) is 0.914. The number of urea groups is 1. The second-order valence-corrected chi connectivity index (χ2v) is 8.46. The van der Waals surface area contributed by atoms with Crippen molar-refractivity contribution in [1.29, 1.82) is 0 Å². The van der Waals surface area contributed by atoms with Gasteiger partial charge in [0.25, 0.3) is 5.91 Å². The quantitative estimate of drug-likeness (QED) is 0.431. The van der Waals surface area contributed by atoms with Crippen molar-refractivity contribution < 1.29 is 19.4 Å². The summed E-state index contributed by atoms with van der Waals surface area (Å²) in [6.45, 7) is 2.37. The number of para-hydroxylation sites is 1. The van der Waals surface area contributed by atoms with E-state index < -0.39 is 11.9 Å². The monoisotopic (exact) mass is 455 g/mol. The van der Waals surface area contributed by atoms with Crippen LogP contribution in [0.4, 0.5) is 10.5 Å². The number of carbonyl (C=O) groups is 2. The Morgan fingerprint density at radius 2 is 1.65 bits per heavy atom. The molecule has 3 aromatic rings. The van der Waals surface area contributed by atoms with E-state index in [4.69, 9.17) is 4.74 Å². The number of aliphatic hydroxyl groups is 1. The van der Waals surface area contributed by atoms with Crippen LogP contribution < -0.4 is 15.0 Å². The number of hydrogen-bond acceptors (Lipinski definition) is 5. The van der Waals surface area contributed by atoms with E-state index in [2.05, 4.69) is 10.2 Å². The average Bonchev–Trinajstić information content (AvgIpc) is 3.38. The van der Waals surface area contributed by atoms with Gasteiger partial charge < -0.3 is 15.2 Å². The van der Waals surface area contributed by atoms with Crippen LogP contribution in [0.15, 0.2) is 84.6 Å². The fourth-order valence-electron chi connectivity index (χ4n) is 4.16. The summed E-state index contributed by atoms with van der Waals surface area (Å²) in [4.78, 5) is 28.8. The number of hydrogen-bond donors (Lipinski definition) is 2. The van der Waals surface area contributed by atoms with E-state index >= 15 is 0 Å². The molecule has 2 N–H and O–H groups in total. The number of nitrogens with one attached hydrogen (secondary N) is 1. The molecular formula is C27H25N3O4. The molecule has 0 bridgehead atoms. The number of benzene rings is 3. The molecule has 2 heterocycles. The van der Waals surface area contributed by atoms with Crippen molar-refractivity contribution in [3.8, 4) is 11.5 Å². The van der Waals surface area contributed by atoms with Crippen LogP contribution in [0, 0.1) is 0 Å². The van der Waals surface area contributed by atoms with Crippen LogP contribution in [0.25, 0.3) is 6.08 Å². The summed E-state index contributed by atoms with van der Waals surface area (Å²) in [5.41, 5.74) is 2.65. The number of carbonyl (C=O) groups excluding carboxylic acids is 2. The minimum absolute atomic E-state index is 0.227. The van der Waals surface area contributed by atoms with E-state index in [1.165, 1.54) is 0 Å². The van der Waals surface area contributed by atoms with Crippen molar-refractivity contribution in [3.63, 3.8) is 0 Å². The van der Waals surface area contributed by atoms with Crippen molar-refractivity contribution in [2.24, 2.45) is 0 Å². The molecule has 2 aliphatic heterocycles. The fraction of sp³-hybridized carbons (Fsp3) is 0.185. The molecule has 34 heavy (non-hydrogen) atoms. The minimum Gasteiger partial charge on any atom is -0.457 e. The van der Waals surface area contributed by atoms with E-state index in [1.807, 2.05) is 54.6 Å². The average molecular weight is 456 g/mol. The number of imide groups is 1. The number of amides is 3. The molecule has 0 saturated carbocycles. The molecule has 0 aromatic heterocycles. The van der Waals surface area contributed by atoms with E-state index in [0.29, 0.717) is 23.7 Å². The number of nitrogens with zero attached hydrogens (tertiary/aromatic N) is 2. The maximum atomic E-state index is 12.9. The number of rotatable bonds is 6. The van der Waals surface area contributed by atoms with Gasteiger partial charge in [-0.15, -0.1) is 0 Å². The molecule has 5 rings (SSSR count). The normalized spacial score (nSPS) is 19.6.